The summed E-state index contributed by atoms with van der Waals surface area (Å²) in [6.07, 6.45) is 1.31. The van der Waals surface area contributed by atoms with Crippen LogP contribution in [0.1, 0.15) is 20.9 Å². The average molecular weight is 472 g/mol. The van der Waals surface area contributed by atoms with Crippen LogP contribution in [-0.2, 0) is 14.8 Å². The number of carbonyl (C=O) groups is 3. The molecule has 0 aliphatic rings. The highest BCUT2D eigenvalue weighted by atomic mass is 32.2. The van der Waals surface area contributed by atoms with Crippen LogP contribution < -0.4 is 25.6 Å². The van der Waals surface area contributed by atoms with Gasteiger partial charge in [0.05, 0.1) is 30.5 Å². The number of carbonyl (C=O) groups excluding carboxylic acids is 3. The van der Waals surface area contributed by atoms with Crippen LogP contribution in [-0.4, -0.2) is 39.8 Å². The fourth-order valence-corrected chi connectivity index (χ4v) is 3.75. The zero-order valence-corrected chi connectivity index (χ0v) is 18.1. The van der Waals surface area contributed by atoms with E-state index in [1.165, 1.54) is 49.8 Å². The Morgan fingerprint density at radius 2 is 1.73 bits per heavy atom. The summed E-state index contributed by atoms with van der Waals surface area (Å²) in [6.45, 7) is -0.420. The molecule has 33 heavy (non-hydrogen) atoms. The second-order valence-corrected chi connectivity index (χ2v) is 8.18. The Hall–Kier alpha value is -4.32. The summed E-state index contributed by atoms with van der Waals surface area (Å²) in [4.78, 5) is 35.8. The third-order valence-electron chi connectivity index (χ3n) is 4.23. The van der Waals surface area contributed by atoms with Crippen molar-refractivity contribution in [2.45, 2.75) is 4.90 Å². The molecule has 12 heteroatoms. The lowest BCUT2D eigenvalue weighted by molar-refractivity contribution is -0.120. The van der Waals surface area contributed by atoms with Gasteiger partial charge in [-0.1, -0.05) is 18.2 Å². The van der Waals surface area contributed by atoms with E-state index in [1.807, 2.05) is 0 Å². The largest absolute Gasteiger partial charge is 0.495 e. The summed E-state index contributed by atoms with van der Waals surface area (Å²) in [7, 11) is -2.62. The molecule has 0 saturated carbocycles. The number of rotatable bonds is 8. The molecule has 3 amide bonds. The van der Waals surface area contributed by atoms with Gasteiger partial charge in [-0.2, -0.15) is 0 Å². The number of benzene rings is 2. The van der Waals surface area contributed by atoms with E-state index in [2.05, 4.69) is 20.9 Å². The number of ether oxygens (including phenoxy) is 1. The number of nitrogens with one attached hydrogen (secondary N) is 4. The Bertz CT molecular complexity index is 1260. The molecule has 0 aliphatic carbocycles. The Balaban J connectivity index is 1.59. The van der Waals surface area contributed by atoms with E-state index in [0.29, 0.717) is 5.75 Å². The van der Waals surface area contributed by atoms with E-state index >= 15 is 0 Å². The van der Waals surface area contributed by atoms with E-state index in [-0.39, 0.29) is 21.9 Å². The molecule has 0 unspecified atom stereocenters. The van der Waals surface area contributed by atoms with Crippen LogP contribution in [0.25, 0.3) is 0 Å². The van der Waals surface area contributed by atoms with Gasteiger partial charge in [-0.05, 0) is 42.5 Å². The van der Waals surface area contributed by atoms with Gasteiger partial charge in [-0.15, -0.1) is 0 Å². The molecule has 0 saturated heterocycles. The van der Waals surface area contributed by atoms with E-state index in [9.17, 15) is 22.8 Å². The number of furan rings is 1. The molecule has 1 aromatic heterocycles. The van der Waals surface area contributed by atoms with Gasteiger partial charge in [0.1, 0.15) is 5.75 Å². The molecule has 3 rings (SSSR count). The fraction of sp³-hybridized carbons (Fsp3) is 0.0952. The van der Waals surface area contributed by atoms with Crippen LogP contribution in [0.15, 0.2) is 76.2 Å². The van der Waals surface area contributed by atoms with Crippen molar-refractivity contribution in [2.24, 2.45) is 0 Å². The van der Waals surface area contributed by atoms with Crippen molar-refractivity contribution in [3.8, 4) is 5.75 Å². The highest BCUT2D eigenvalue weighted by molar-refractivity contribution is 7.92. The SMILES string of the molecule is COc1ccccc1NS(=O)(=O)c1cccc(C(=O)NNC(=O)CNC(=O)c2ccco2)c1. The van der Waals surface area contributed by atoms with Gasteiger partial charge < -0.3 is 14.5 Å². The summed E-state index contributed by atoms with van der Waals surface area (Å²) >= 11 is 0. The smallest absolute Gasteiger partial charge is 0.287 e. The van der Waals surface area contributed by atoms with Crippen molar-refractivity contribution >= 4 is 33.4 Å². The molecule has 11 nitrogen and oxygen atoms in total. The van der Waals surface area contributed by atoms with Crippen molar-refractivity contribution in [3.05, 3.63) is 78.3 Å². The molecule has 3 aromatic rings. The van der Waals surface area contributed by atoms with Gasteiger partial charge in [0.25, 0.3) is 27.7 Å². The maximum atomic E-state index is 12.7. The molecule has 1 heterocycles. The molecular weight excluding hydrogens is 452 g/mol. The molecule has 0 bridgehead atoms. The lowest BCUT2D eigenvalue weighted by Crippen LogP contribution is -2.46. The number of anilines is 1. The van der Waals surface area contributed by atoms with E-state index < -0.39 is 34.3 Å². The molecule has 2 aromatic carbocycles. The van der Waals surface area contributed by atoms with Crippen LogP contribution in [0.5, 0.6) is 5.75 Å². The van der Waals surface area contributed by atoms with Gasteiger partial charge in [-0.3, -0.25) is 30.0 Å². The Morgan fingerprint density at radius 3 is 2.45 bits per heavy atom. The number of sulfonamides is 1. The van der Waals surface area contributed by atoms with Crippen molar-refractivity contribution in [1.82, 2.24) is 16.2 Å². The Morgan fingerprint density at radius 1 is 0.939 bits per heavy atom. The van der Waals surface area contributed by atoms with Crippen LogP contribution in [0, 0.1) is 0 Å². The second kappa shape index (κ2) is 10.3. The van der Waals surface area contributed by atoms with Gasteiger partial charge in [0.15, 0.2) is 5.76 Å². The molecule has 0 aliphatic heterocycles. The van der Waals surface area contributed by atoms with Crippen LogP contribution in [0.4, 0.5) is 5.69 Å². The summed E-state index contributed by atoms with van der Waals surface area (Å²) in [5, 5.41) is 2.32. The van der Waals surface area contributed by atoms with Gasteiger partial charge in [-0.25, -0.2) is 8.42 Å². The predicted molar refractivity (Wildman–Crippen MR) is 117 cm³/mol. The summed E-state index contributed by atoms with van der Waals surface area (Å²) < 4.78 is 37.9. The second-order valence-electron chi connectivity index (χ2n) is 6.50. The highest BCUT2D eigenvalue weighted by Gasteiger charge is 2.18. The van der Waals surface area contributed by atoms with E-state index in [4.69, 9.17) is 9.15 Å². The summed E-state index contributed by atoms with van der Waals surface area (Å²) in [5.74, 6) is -1.69. The standard InChI is InChI=1S/C21H20N4O7S/c1-31-17-9-3-2-8-16(17)25-33(29,30)15-7-4-6-14(12-15)20(27)24-23-19(26)13-22-21(28)18-10-5-11-32-18/h2-12,25H,13H2,1H3,(H,22,28)(H,23,26)(H,24,27). The molecule has 172 valence electrons. The number of methoxy groups -OCH3 is 1. The first kappa shape index (κ1) is 23.3. The zero-order chi connectivity index (χ0) is 23.8. The number of hydrogen-bond donors (Lipinski definition) is 4. The molecule has 0 fully saturated rings. The van der Waals surface area contributed by atoms with Crippen molar-refractivity contribution in [2.75, 3.05) is 18.4 Å². The first-order valence-electron chi connectivity index (χ1n) is 9.47. The normalized spacial score (nSPS) is 10.7. The maximum Gasteiger partial charge on any atom is 0.287 e. The average Bonchev–Trinajstić information content (AvgIpc) is 3.36. The predicted octanol–water partition coefficient (Wildman–Crippen LogP) is 1.28. The zero-order valence-electron chi connectivity index (χ0n) is 17.3. The quantitative estimate of drug-likeness (QED) is 0.360. The number of hydrazine groups is 1. The molecule has 4 N–H and O–H groups in total. The number of amides is 3. The van der Waals surface area contributed by atoms with Gasteiger partial charge in [0.2, 0.25) is 0 Å². The van der Waals surface area contributed by atoms with Crippen molar-refractivity contribution < 1.29 is 32.0 Å². The number of hydrogen-bond acceptors (Lipinski definition) is 7. The van der Waals surface area contributed by atoms with Gasteiger partial charge in [0, 0.05) is 5.56 Å². The monoisotopic (exact) mass is 472 g/mol. The minimum Gasteiger partial charge on any atom is -0.495 e. The molecule has 0 atom stereocenters. The minimum absolute atomic E-state index is 0.0159. The molecule has 0 spiro atoms. The minimum atomic E-state index is -4.03. The maximum absolute atomic E-state index is 12.7. The third-order valence-corrected chi connectivity index (χ3v) is 5.59. The van der Waals surface area contributed by atoms with Crippen LogP contribution in [0.3, 0.4) is 0 Å². The van der Waals surface area contributed by atoms with Gasteiger partial charge >= 0.3 is 0 Å². The topological polar surface area (TPSA) is 156 Å². The first-order chi connectivity index (χ1) is 15.8. The fourth-order valence-electron chi connectivity index (χ4n) is 2.64. The van der Waals surface area contributed by atoms with Crippen molar-refractivity contribution in [3.63, 3.8) is 0 Å². The first-order valence-corrected chi connectivity index (χ1v) is 11.0. The number of para-hydroxylation sites is 2. The Labute approximate surface area is 189 Å². The molecular formula is C21H20N4O7S. The lowest BCUT2D eigenvalue weighted by atomic mass is 10.2. The van der Waals surface area contributed by atoms with E-state index in [0.717, 1.165) is 6.07 Å². The van der Waals surface area contributed by atoms with Crippen LogP contribution in [0.2, 0.25) is 0 Å². The summed E-state index contributed by atoms with van der Waals surface area (Å²) in [6, 6.07) is 14.7. The molecule has 0 radical (unpaired) electrons. The van der Waals surface area contributed by atoms with E-state index in [1.54, 1.807) is 18.2 Å². The van der Waals surface area contributed by atoms with Crippen molar-refractivity contribution in [1.29, 1.82) is 0 Å². The summed E-state index contributed by atoms with van der Waals surface area (Å²) in [5.41, 5.74) is 4.50. The lowest BCUT2D eigenvalue weighted by Gasteiger charge is -2.12. The van der Waals surface area contributed by atoms with Crippen LogP contribution >= 0.6 is 0 Å². The highest BCUT2D eigenvalue weighted by Crippen LogP contribution is 2.26. The third kappa shape index (κ3) is 6.11. The Kier molecular flexibility index (Phi) is 7.31.